The Labute approximate surface area is 155 Å². The number of aryl methyl sites for hydroxylation is 1. The standard InChI is InChI=1S/C19H20N4O2S/c1-13-20-17(12-26-13)19(25)22-7-8-23-15(11-22)10-16(21-23)18(24)9-14-5-3-2-4-6-14/h2-6,10,12,18,24H,7-9,11H2,1H3. The number of aliphatic hydroxyl groups excluding tert-OH is 1. The Hall–Kier alpha value is -2.51. The van der Waals surface area contributed by atoms with Gasteiger partial charge in [0, 0.05) is 18.3 Å². The Kier molecular flexibility index (Phi) is 4.57. The molecule has 1 aromatic carbocycles. The van der Waals surface area contributed by atoms with Gasteiger partial charge < -0.3 is 10.0 Å². The number of hydrogen-bond acceptors (Lipinski definition) is 5. The van der Waals surface area contributed by atoms with Crippen LogP contribution < -0.4 is 0 Å². The maximum Gasteiger partial charge on any atom is 0.273 e. The van der Waals surface area contributed by atoms with Crippen molar-refractivity contribution in [3.63, 3.8) is 0 Å². The lowest BCUT2D eigenvalue weighted by atomic mass is 10.1. The second-order valence-electron chi connectivity index (χ2n) is 6.47. The second-order valence-corrected chi connectivity index (χ2v) is 7.53. The number of aromatic nitrogens is 3. The van der Waals surface area contributed by atoms with Gasteiger partial charge in [-0.3, -0.25) is 9.48 Å². The zero-order valence-corrected chi connectivity index (χ0v) is 15.3. The van der Waals surface area contributed by atoms with E-state index in [0.29, 0.717) is 37.4 Å². The van der Waals surface area contributed by atoms with Crippen molar-refractivity contribution >= 4 is 17.2 Å². The van der Waals surface area contributed by atoms with Gasteiger partial charge in [-0.05, 0) is 18.6 Å². The molecule has 0 fully saturated rings. The third-order valence-corrected chi connectivity index (χ3v) is 5.33. The lowest BCUT2D eigenvalue weighted by Crippen LogP contribution is -2.38. The van der Waals surface area contributed by atoms with E-state index in [4.69, 9.17) is 0 Å². The molecule has 0 bridgehead atoms. The van der Waals surface area contributed by atoms with E-state index in [1.54, 1.807) is 10.3 Å². The third-order valence-electron chi connectivity index (χ3n) is 4.56. The molecular weight excluding hydrogens is 348 g/mol. The van der Waals surface area contributed by atoms with Crippen LogP contribution >= 0.6 is 11.3 Å². The normalized spacial score (nSPS) is 14.9. The zero-order valence-electron chi connectivity index (χ0n) is 14.5. The number of nitrogens with zero attached hydrogens (tertiary/aromatic N) is 4. The first-order valence-electron chi connectivity index (χ1n) is 8.60. The van der Waals surface area contributed by atoms with Gasteiger partial charge in [-0.25, -0.2) is 4.98 Å². The Morgan fingerprint density at radius 1 is 1.31 bits per heavy atom. The number of carbonyl (C=O) groups excluding carboxylic acids is 1. The van der Waals surface area contributed by atoms with E-state index in [2.05, 4.69) is 10.1 Å². The molecule has 1 atom stereocenters. The highest BCUT2D eigenvalue weighted by molar-refractivity contribution is 7.09. The van der Waals surface area contributed by atoms with Crippen molar-refractivity contribution in [3.8, 4) is 0 Å². The topological polar surface area (TPSA) is 71.2 Å². The van der Waals surface area contributed by atoms with E-state index < -0.39 is 6.10 Å². The average molecular weight is 368 g/mol. The van der Waals surface area contributed by atoms with Crippen molar-refractivity contribution < 1.29 is 9.90 Å². The fourth-order valence-corrected chi connectivity index (χ4v) is 3.78. The number of aliphatic hydroxyl groups is 1. The van der Waals surface area contributed by atoms with Crippen LogP contribution in [-0.2, 0) is 19.5 Å². The summed E-state index contributed by atoms with van der Waals surface area (Å²) >= 11 is 1.48. The first-order valence-corrected chi connectivity index (χ1v) is 9.48. The first-order chi connectivity index (χ1) is 12.6. The maximum atomic E-state index is 12.6. The highest BCUT2D eigenvalue weighted by atomic mass is 32.1. The summed E-state index contributed by atoms with van der Waals surface area (Å²) in [6, 6.07) is 11.8. The summed E-state index contributed by atoms with van der Waals surface area (Å²) in [5.41, 5.74) is 3.17. The van der Waals surface area contributed by atoms with Crippen LogP contribution in [0.25, 0.3) is 0 Å². The monoisotopic (exact) mass is 368 g/mol. The Balaban J connectivity index is 1.47. The Morgan fingerprint density at radius 3 is 2.85 bits per heavy atom. The largest absolute Gasteiger partial charge is 0.386 e. The molecule has 0 saturated carbocycles. The van der Waals surface area contributed by atoms with Crippen molar-refractivity contribution in [3.05, 3.63) is 69.4 Å². The van der Waals surface area contributed by atoms with Crippen molar-refractivity contribution in [2.24, 2.45) is 0 Å². The molecule has 0 spiro atoms. The molecule has 0 aliphatic carbocycles. The van der Waals surface area contributed by atoms with E-state index >= 15 is 0 Å². The van der Waals surface area contributed by atoms with Gasteiger partial charge in [0.2, 0.25) is 0 Å². The molecule has 0 saturated heterocycles. The van der Waals surface area contributed by atoms with Crippen LogP contribution in [0.1, 0.15) is 38.6 Å². The number of thiazole rings is 1. The van der Waals surface area contributed by atoms with Crippen molar-refractivity contribution in [2.45, 2.75) is 32.5 Å². The van der Waals surface area contributed by atoms with Gasteiger partial charge in [0.25, 0.3) is 5.91 Å². The van der Waals surface area contributed by atoms with E-state index in [1.807, 2.05) is 48.0 Å². The van der Waals surface area contributed by atoms with E-state index in [0.717, 1.165) is 16.3 Å². The molecule has 2 aromatic heterocycles. The second kappa shape index (κ2) is 7.01. The van der Waals surface area contributed by atoms with Crippen LogP contribution in [-0.4, -0.2) is 37.2 Å². The summed E-state index contributed by atoms with van der Waals surface area (Å²) in [4.78, 5) is 18.7. The minimum absolute atomic E-state index is 0.0480. The number of amides is 1. The molecule has 7 heteroatoms. The molecule has 3 heterocycles. The number of carbonyl (C=O) groups is 1. The van der Waals surface area contributed by atoms with Gasteiger partial charge in [-0.1, -0.05) is 30.3 Å². The zero-order chi connectivity index (χ0) is 18.1. The molecule has 0 radical (unpaired) electrons. The smallest absolute Gasteiger partial charge is 0.273 e. The van der Waals surface area contributed by atoms with Gasteiger partial charge in [0.1, 0.15) is 11.8 Å². The summed E-state index contributed by atoms with van der Waals surface area (Å²) < 4.78 is 1.89. The molecule has 4 rings (SSSR count). The molecule has 1 N–H and O–H groups in total. The van der Waals surface area contributed by atoms with Crippen LogP contribution in [0.2, 0.25) is 0 Å². The Bertz CT molecular complexity index is 919. The van der Waals surface area contributed by atoms with Crippen LogP contribution in [0.3, 0.4) is 0 Å². The lowest BCUT2D eigenvalue weighted by molar-refractivity contribution is 0.0700. The quantitative estimate of drug-likeness (QED) is 0.768. The lowest BCUT2D eigenvalue weighted by Gasteiger charge is -2.27. The van der Waals surface area contributed by atoms with Gasteiger partial charge in [-0.15, -0.1) is 11.3 Å². The molecule has 1 amide bonds. The van der Waals surface area contributed by atoms with E-state index in [1.165, 1.54) is 11.3 Å². The molecule has 26 heavy (non-hydrogen) atoms. The minimum atomic E-state index is -0.652. The molecule has 134 valence electrons. The summed E-state index contributed by atoms with van der Waals surface area (Å²) in [5.74, 6) is -0.0480. The van der Waals surface area contributed by atoms with Gasteiger partial charge in [0.05, 0.1) is 29.5 Å². The van der Waals surface area contributed by atoms with E-state index in [-0.39, 0.29) is 5.91 Å². The fraction of sp³-hybridized carbons (Fsp3) is 0.316. The van der Waals surface area contributed by atoms with Crippen LogP contribution in [0.5, 0.6) is 0 Å². The SMILES string of the molecule is Cc1nc(C(=O)N2CCn3nc(C(O)Cc4ccccc4)cc3C2)cs1. The highest BCUT2D eigenvalue weighted by Crippen LogP contribution is 2.22. The van der Waals surface area contributed by atoms with Gasteiger partial charge >= 0.3 is 0 Å². The minimum Gasteiger partial charge on any atom is -0.386 e. The van der Waals surface area contributed by atoms with Crippen LogP contribution in [0.4, 0.5) is 0 Å². The molecule has 1 aliphatic rings. The number of benzene rings is 1. The number of hydrogen-bond donors (Lipinski definition) is 1. The first kappa shape index (κ1) is 16.9. The highest BCUT2D eigenvalue weighted by Gasteiger charge is 2.26. The number of rotatable bonds is 4. The maximum absolute atomic E-state index is 12.6. The molecule has 6 nitrogen and oxygen atoms in total. The Morgan fingerprint density at radius 2 is 2.12 bits per heavy atom. The molecule has 1 unspecified atom stereocenters. The summed E-state index contributed by atoms with van der Waals surface area (Å²) in [5, 5.41) is 17.7. The molecule has 3 aromatic rings. The molecular formula is C19H20N4O2S. The predicted molar refractivity (Wildman–Crippen MR) is 98.9 cm³/mol. The van der Waals surface area contributed by atoms with Crippen molar-refractivity contribution in [1.29, 1.82) is 0 Å². The summed E-state index contributed by atoms with van der Waals surface area (Å²) in [7, 11) is 0. The van der Waals surface area contributed by atoms with Crippen molar-refractivity contribution in [1.82, 2.24) is 19.7 Å². The summed E-state index contributed by atoms with van der Waals surface area (Å²) in [6.45, 7) is 3.61. The predicted octanol–water partition coefficient (Wildman–Crippen LogP) is 2.58. The van der Waals surface area contributed by atoms with Gasteiger partial charge in [-0.2, -0.15) is 5.10 Å². The summed E-state index contributed by atoms with van der Waals surface area (Å²) in [6.07, 6.45) is -0.126. The third kappa shape index (κ3) is 3.40. The average Bonchev–Trinajstić information content (AvgIpc) is 3.27. The number of fused-ring (bicyclic) bond motifs is 1. The van der Waals surface area contributed by atoms with E-state index in [9.17, 15) is 9.90 Å². The van der Waals surface area contributed by atoms with Crippen molar-refractivity contribution in [2.75, 3.05) is 6.54 Å². The van der Waals surface area contributed by atoms with Crippen LogP contribution in [0, 0.1) is 6.92 Å². The fourth-order valence-electron chi connectivity index (χ4n) is 3.19. The molecule has 1 aliphatic heterocycles. The van der Waals surface area contributed by atoms with Crippen LogP contribution in [0.15, 0.2) is 41.8 Å². The van der Waals surface area contributed by atoms with Gasteiger partial charge in [0.15, 0.2) is 0 Å².